The van der Waals surface area contributed by atoms with Gasteiger partial charge in [0, 0.05) is 11.9 Å². The molecule has 0 aliphatic carbocycles. The molecule has 1 atom stereocenters. The van der Waals surface area contributed by atoms with Crippen LogP contribution >= 0.6 is 0 Å². The van der Waals surface area contributed by atoms with E-state index in [2.05, 4.69) is 5.32 Å². The first-order valence-corrected chi connectivity index (χ1v) is 4.57. The van der Waals surface area contributed by atoms with Gasteiger partial charge >= 0.3 is 0 Å². The zero-order valence-corrected chi connectivity index (χ0v) is 7.96. The van der Waals surface area contributed by atoms with Crippen molar-refractivity contribution in [2.75, 3.05) is 13.6 Å². The second kappa shape index (κ2) is 3.80. The van der Waals surface area contributed by atoms with Crippen LogP contribution in [0.1, 0.15) is 11.7 Å². The summed E-state index contributed by atoms with van der Waals surface area (Å²) in [5.74, 6) is 0. The quantitative estimate of drug-likeness (QED) is 0.810. The molecule has 1 aromatic carbocycles. The lowest BCUT2D eigenvalue weighted by Crippen LogP contribution is -2.13. The molecule has 2 nitrogen and oxygen atoms in total. The number of rotatable bonds is 3. The van der Waals surface area contributed by atoms with E-state index in [1.165, 1.54) is 0 Å². The Hall–Kier alpha value is -1.35. The number of halogens is 1. The molecule has 2 rings (SSSR count). The predicted molar refractivity (Wildman–Crippen MR) is 54.0 cm³/mol. The van der Waals surface area contributed by atoms with Gasteiger partial charge in [0.2, 0.25) is 0 Å². The van der Waals surface area contributed by atoms with Gasteiger partial charge in [0.15, 0.2) is 0 Å². The molecule has 1 N–H and O–H groups in total. The highest BCUT2D eigenvalue weighted by molar-refractivity contribution is 5.77. The lowest BCUT2D eigenvalue weighted by molar-refractivity contribution is 0.336. The highest BCUT2D eigenvalue weighted by Gasteiger charge is 2.09. The number of fused-ring (bicyclic) bond motifs is 1. The van der Waals surface area contributed by atoms with E-state index < -0.39 is 6.17 Å². The summed E-state index contributed by atoms with van der Waals surface area (Å²) in [7, 11) is 1.74. The molecule has 0 saturated carbocycles. The van der Waals surface area contributed by atoms with Gasteiger partial charge in [0.05, 0.1) is 6.26 Å². The maximum absolute atomic E-state index is 13.5. The highest BCUT2D eigenvalue weighted by atomic mass is 19.1. The van der Waals surface area contributed by atoms with Gasteiger partial charge in [0.1, 0.15) is 11.8 Å². The van der Waals surface area contributed by atoms with Crippen molar-refractivity contribution in [1.82, 2.24) is 5.32 Å². The molecule has 0 bridgehead atoms. The first-order chi connectivity index (χ1) is 6.81. The van der Waals surface area contributed by atoms with Crippen LogP contribution in [-0.4, -0.2) is 13.6 Å². The molecule has 14 heavy (non-hydrogen) atoms. The zero-order valence-electron chi connectivity index (χ0n) is 7.96. The van der Waals surface area contributed by atoms with Crippen LogP contribution in [0.4, 0.5) is 4.39 Å². The molecule has 1 heterocycles. The van der Waals surface area contributed by atoms with Crippen LogP contribution in [-0.2, 0) is 0 Å². The van der Waals surface area contributed by atoms with Gasteiger partial charge in [-0.05, 0) is 30.8 Å². The van der Waals surface area contributed by atoms with E-state index in [9.17, 15) is 4.39 Å². The third kappa shape index (κ3) is 1.63. The molecule has 74 valence electrons. The monoisotopic (exact) mass is 193 g/mol. The standard InChI is InChI=1S/C11H12FNO/c1-13-7-10(12)8-2-3-11-9(6-8)4-5-14-11/h2-6,10,13H,7H2,1H3. The minimum Gasteiger partial charge on any atom is -0.464 e. The number of alkyl halides is 1. The van der Waals surface area contributed by atoms with E-state index in [-0.39, 0.29) is 0 Å². The summed E-state index contributed by atoms with van der Waals surface area (Å²) in [5, 5.41) is 3.76. The van der Waals surface area contributed by atoms with Gasteiger partial charge in [-0.1, -0.05) is 6.07 Å². The highest BCUT2D eigenvalue weighted by Crippen LogP contribution is 2.22. The van der Waals surface area contributed by atoms with Crippen molar-refractivity contribution in [3.63, 3.8) is 0 Å². The SMILES string of the molecule is CNCC(F)c1ccc2occc2c1. The van der Waals surface area contributed by atoms with E-state index in [1.807, 2.05) is 12.1 Å². The van der Waals surface area contributed by atoms with Crippen molar-refractivity contribution in [3.8, 4) is 0 Å². The van der Waals surface area contributed by atoms with Crippen LogP contribution in [0.3, 0.4) is 0 Å². The number of furan rings is 1. The predicted octanol–water partition coefficient (Wildman–Crippen LogP) is 2.66. The average molecular weight is 193 g/mol. The molecule has 0 aliphatic rings. The normalized spacial score (nSPS) is 13.3. The zero-order chi connectivity index (χ0) is 9.97. The van der Waals surface area contributed by atoms with E-state index in [0.717, 1.165) is 11.0 Å². The molecular weight excluding hydrogens is 181 g/mol. The fourth-order valence-corrected chi connectivity index (χ4v) is 1.48. The van der Waals surface area contributed by atoms with E-state index in [0.29, 0.717) is 12.1 Å². The summed E-state index contributed by atoms with van der Waals surface area (Å²) in [5.41, 5.74) is 1.48. The number of nitrogens with one attached hydrogen (secondary N) is 1. The summed E-state index contributed by atoms with van der Waals surface area (Å²) in [6.07, 6.45) is 0.652. The Morgan fingerprint density at radius 2 is 2.29 bits per heavy atom. The first kappa shape index (κ1) is 9.21. The summed E-state index contributed by atoms with van der Waals surface area (Å²) >= 11 is 0. The lowest BCUT2D eigenvalue weighted by atomic mass is 10.1. The Morgan fingerprint density at radius 3 is 3.07 bits per heavy atom. The third-order valence-corrected chi connectivity index (χ3v) is 2.22. The second-order valence-electron chi connectivity index (χ2n) is 3.24. The lowest BCUT2D eigenvalue weighted by Gasteiger charge is -2.06. The topological polar surface area (TPSA) is 25.2 Å². The molecule has 3 heteroatoms. The van der Waals surface area contributed by atoms with Gasteiger partial charge in [-0.3, -0.25) is 0 Å². The van der Waals surface area contributed by atoms with Crippen molar-refractivity contribution in [2.24, 2.45) is 0 Å². The van der Waals surface area contributed by atoms with Gasteiger partial charge < -0.3 is 9.73 Å². The second-order valence-corrected chi connectivity index (χ2v) is 3.24. The van der Waals surface area contributed by atoms with Gasteiger partial charge in [-0.25, -0.2) is 4.39 Å². The van der Waals surface area contributed by atoms with Crippen molar-refractivity contribution in [2.45, 2.75) is 6.17 Å². The molecule has 0 aliphatic heterocycles. The summed E-state index contributed by atoms with van der Waals surface area (Å²) < 4.78 is 18.7. The molecule has 1 aromatic heterocycles. The van der Waals surface area contributed by atoms with Gasteiger partial charge in [0.25, 0.3) is 0 Å². The molecule has 0 fully saturated rings. The minimum atomic E-state index is -0.959. The first-order valence-electron chi connectivity index (χ1n) is 4.57. The minimum absolute atomic E-state index is 0.337. The van der Waals surface area contributed by atoms with Crippen LogP contribution in [0.5, 0.6) is 0 Å². The molecule has 0 amide bonds. The Bertz CT molecular complexity index is 424. The Kier molecular flexibility index (Phi) is 2.50. The number of hydrogen-bond donors (Lipinski definition) is 1. The van der Waals surface area contributed by atoms with Crippen LogP contribution in [0.15, 0.2) is 34.9 Å². The molecular formula is C11H12FNO. The molecule has 0 radical (unpaired) electrons. The molecule has 2 aromatic rings. The van der Waals surface area contributed by atoms with E-state index in [1.54, 1.807) is 25.4 Å². The number of hydrogen-bond acceptors (Lipinski definition) is 2. The summed E-state index contributed by atoms with van der Waals surface area (Å²) in [6, 6.07) is 7.21. The molecule has 0 spiro atoms. The number of likely N-dealkylation sites (N-methyl/N-ethyl adjacent to an activating group) is 1. The van der Waals surface area contributed by atoms with Crippen molar-refractivity contribution >= 4 is 11.0 Å². The maximum Gasteiger partial charge on any atom is 0.137 e. The van der Waals surface area contributed by atoms with Crippen LogP contribution in [0.25, 0.3) is 11.0 Å². The molecule has 1 unspecified atom stereocenters. The maximum atomic E-state index is 13.5. The van der Waals surface area contributed by atoms with E-state index >= 15 is 0 Å². The van der Waals surface area contributed by atoms with Crippen molar-refractivity contribution in [3.05, 3.63) is 36.1 Å². The van der Waals surface area contributed by atoms with Crippen LogP contribution in [0.2, 0.25) is 0 Å². The Balaban J connectivity index is 2.33. The fourth-order valence-electron chi connectivity index (χ4n) is 1.48. The largest absolute Gasteiger partial charge is 0.464 e. The van der Waals surface area contributed by atoms with Gasteiger partial charge in [-0.15, -0.1) is 0 Å². The Labute approximate surface area is 81.7 Å². The average Bonchev–Trinajstić information content (AvgIpc) is 2.64. The smallest absolute Gasteiger partial charge is 0.137 e. The summed E-state index contributed by atoms with van der Waals surface area (Å²) in [4.78, 5) is 0. The van der Waals surface area contributed by atoms with Gasteiger partial charge in [-0.2, -0.15) is 0 Å². The van der Waals surface area contributed by atoms with Crippen molar-refractivity contribution < 1.29 is 8.81 Å². The fraction of sp³-hybridized carbons (Fsp3) is 0.273. The number of benzene rings is 1. The van der Waals surface area contributed by atoms with Crippen molar-refractivity contribution in [1.29, 1.82) is 0 Å². The third-order valence-electron chi connectivity index (χ3n) is 2.22. The summed E-state index contributed by atoms with van der Waals surface area (Å²) in [6.45, 7) is 0.337. The van der Waals surface area contributed by atoms with E-state index in [4.69, 9.17) is 4.42 Å². The Morgan fingerprint density at radius 1 is 1.43 bits per heavy atom. The van der Waals surface area contributed by atoms with Crippen LogP contribution < -0.4 is 5.32 Å². The van der Waals surface area contributed by atoms with Crippen LogP contribution in [0, 0.1) is 0 Å². The molecule has 0 saturated heterocycles.